The molecule has 156 valence electrons. The van der Waals surface area contributed by atoms with Gasteiger partial charge in [0.15, 0.2) is 0 Å². The van der Waals surface area contributed by atoms with E-state index in [1.54, 1.807) is 54.6 Å². The molecule has 0 amide bonds. The van der Waals surface area contributed by atoms with E-state index in [0.717, 1.165) is 5.56 Å². The summed E-state index contributed by atoms with van der Waals surface area (Å²) in [5.74, 6) is -0.338. The lowest BCUT2D eigenvalue weighted by Crippen LogP contribution is -2.21. The second-order valence-corrected chi connectivity index (χ2v) is 8.59. The zero-order valence-corrected chi connectivity index (χ0v) is 17.4. The number of nitrogens with zero attached hydrogens (tertiary/aromatic N) is 2. The predicted molar refractivity (Wildman–Crippen MR) is 120 cm³/mol. The smallest absolute Gasteiger partial charge is 0.276 e. The molecule has 0 bridgehead atoms. The zero-order chi connectivity index (χ0) is 22.0. The number of aryl methyl sites for hydroxylation is 1. The number of benzene rings is 3. The second kappa shape index (κ2) is 8.08. The van der Waals surface area contributed by atoms with E-state index in [9.17, 15) is 18.3 Å². The van der Waals surface area contributed by atoms with Crippen molar-refractivity contribution in [1.29, 1.82) is 0 Å². The highest BCUT2D eigenvalue weighted by molar-refractivity contribution is 7.89. The lowest BCUT2D eigenvalue weighted by Gasteiger charge is -2.14. The summed E-state index contributed by atoms with van der Waals surface area (Å²) in [6.45, 7) is 1.92. The van der Waals surface area contributed by atoms with E-state index in [1.165, 1.54) is 22.9 Å². The largest absolute Gasteiger partial charge is 0.494 e. The van der Waals surface area contributed by atoms with Crippen molar-refractivity contribution < 1.29 is 13.5 Å². The van der Waals surface area contributed by atoms with Crippen LogP contribution in [-0.2, 0) is 10.0 Å². The van der Waals surface area contributed by atoms with Crippen LogP contribution < -0.4 is 10.4 Å². The van der Waals surface area contributed by atoms with Gasteiger partial charge < -0.3 is 5.11 Å². The summed E-state index contributed by atoms with van der Waals surface area (Å²) in [4.78, 5) is 15.3. The maximum atomic E-state index is 13.1. The number of sulfonamides is 1. The first-order valence-electron chi connectivity index (χ1n) is 9.42. The van der Waals surface area contributed by atoms with E-state index in [4.69, 9.17) is 0 Å². The third kappa shape index (κ3) is 3.93. The molecular weight excluding hydrogens is 414 g/mol. The first-order chi connectivity index (χ1) is 14.9. The third-order valence-electron chi connectivity index (χ3n) is 4.82. The van der Waals surface area contributed by atoms with E-state index < -0.39 is 10.0 Å². The lowest BCUT2D eigenvalue weighted by molar-refractivity contribution is 0.436. The predicted octanol–water partition coefficient (Wildman–Crippen LogP) is 3.32. The Morgan fingerprint density at radius 1 is 0.903 bits per heavy atom. The number of hydrogen-bond acceptors (Lipinski definition) is 5. The molecule has 0 saturated heterocycles. The molecule has 0 fully saturated rings. The van der Waals surface area contributed by atoms with Crippen molar-refractivity contribution in [2.24, 2.45) is 5.10 Å². The Balaban J connectivity index is 1.83. The van der Waals surface area contributed by atoms with Crippen LogP contribution in [0.5, 0.6) is 5.88 Å². The number of aromatic nitrogens is 1. The molecular formula is C23H19N3O4S. The van der Waals surface area contributed by atoms with Gasteiger partial charge in [0.1, 0.15) is 0 Å². The van der Waals surface area contributed by atoms with Gasteiger partial charge in [-0.15, -0.1) is 0 Å². The minimum atomic E-state index is -3.87. The Kier molecular flexibility index (Phi) is 5.31. The van der Waals surface area contributed by atoms with Gasteiger partial charge in [-0.1, -0.05) is 54.1 Å². The van der Waals surface area contributed by atoms with Crippen LogP contribution in [-0.4, -0.2) is 24.3 Å². The minimum absolute atomic E-state index is 0.0610. The molecule has 0 spiro atoms. The van der Waals surface area contributed by atoms with E-state index in [0.29, 0.717) is 16.5 Å². The summed E-state index contributed by atoms with van der Waals surface area (Å²) in [5.41, 5.74) is 1.32. The van der Waals surface area contributed by atoms with E-state index in [1.807, 2.05) is 19.1 Å². The molecule has 4 rings (SSSR count). The lowest BCUT2D eigenvalue weighted by atomic mass is 10.1. The van der Waals surface area contributed by atoms with Gasteiger partial charge in [-0.2, -0.15) is 13.5 Å². The second-order valence-electron chi connectivity index (χ2n) is 6.92. The highest BCUT2D eigenvalue weighted by Crippen LogP contribution is 2.26. The molecule has 7 nitrogen and oxygen atoms in total. The fourth-order valence-electron chi connectivity index (χ4n) is 3.24. The highest BCUT2D eigenvalue weighted by atomic mass is 32.2. The summed E-state index contributed by atoms with van der Waals surface area (Å²) in [5, 5.41) is 15.6. The molecule has 1 aromatic heterocycles. The Hall–Kier alpha value is -3.91. The quantitative estimate of drug-likeness (QED) is 0.372. The number of pyridine rings is 1. The van der Waals surface area contributed by atoms with Crippen LogP contribution in [0.1, 0.15) is 11.1 Å². The van der Waals surface area contributed by atoms with Gasteiger partial charge in [0.2, 0.25) is 5.88 Å². The summed E-state index contributed by atoms with van der Waals surface area (Å²) >= 11 is 0. The maximum absolute atomic E-state index is 13.1. The molecule has 0 atom stereocenters. The molecule has 0 radical (unpaired) electrons. The normalized spacial score (nSPS) is 11.8. The molecule has 0 aliphatic heterocycles. The molecule has 2 N–H and O–H groups in total. The summed E-state index contributed by atoms with van der Waals surface area (Å²) in [7, 11) is -3.87. The van der Waals surface area contributed by atoms with Crippen molar-refractivity contribution in [3.8, 4) is 11.6 Å². The minimum Gasteiger partial charge on any atom is -0.494 e. The van der Waals surface area contributed by atoms with Crippen LogP contribution in [0, 0.1) is 6.92 Å². The van der Waals surface area contributed by atoms with Gasteiger partial charge >= 0.3 is 0 Å². The molecule has 31 heavy (non-hydrogen) atoms. The number of hydrogen-bond donors (Lipinski definition) is 2. The fraction of sp³-hybridized carbons (Fsp3) is 0.0435. The van der Waals surface area contributed by atoms with Gasteiger partial charge in [0, 0.05) is 10.8 Å². The molecule has 3 aromatic carbocycles. The van der Waals surface area contributed by atoms with Crippen LogP contribution in [0.15, 0.2) is 93.7 Å². The number of aromatic hydroxyl groups is 1. The van der Waals surface area contributed by atoms with Crippen molar-refractivity contribution in [3.05, 3.63) is 100 Å². The Morgan fingerprint density at radius 3 is 2.19 bits per heavy atom. The van der Waals surface area contributed by atoms with Gasteiger partial charge in [0.05, 0.1) is 22.4 Å². The van der Waals surface area contributed by atoms with Crippen molar-refractivity contribution >= 4 is 27.0 Å². The maximum Gasteiger partial charge on any atom is 0.276 e. The molecule has 1 heterocycles. The Morgan fingerprint density at radius 2 is 1.52 bits per heavy atom. The molecule has 0 aliphatic carbocycles. The van der Waals surface area contributed by atoms with Crippen molar-refractivity contribution in [2.75, 3.05) is 0 Å². The molecule has 0 aliphatic rings. The van der Waals surface area contributed by atoms with Crippen LogP contribution in [0.2, 0.25) is 0 Å². The average molecular weight is 433 g/mol. The van der Waals surface area contributed by atoms with Gasteiger partial charge in [-0.25, -0.2) is 9.40 Å². The molecule has 8 heteroatoms. The monoisotopic (exact) mass is 433 g/mol. The SMILES string of the molecule is Cc1ccc(-n2c(O)c(C=NNS(=O)(=O)c3ccccc3)c3ccccc3c2=O)cc1. The van der Waals surface area contributed by atoms with Crippen LogP contribution in [0.3, 0.4) is 0 Å². The van der Waals surface area contributed by atoms with Crippen LogP contribution >= 0.6 is 0 Å². The number of fused-ring (bicyclic) bond motifs is 1. The standard InChI is InChI=1S/C23H19N3O4S/c1-16-11-13-17(14-12-16)26-22(27)20-10-6-5-9-19(20)21(23(26)28)15-24-25-31(29,30)18-7-3-2-4-8-18/h2-15,25,28H,1H3. The molecule has 0 saturated carbocycles. The first-order valence-corrected chi connectivity index (χ1v) is 10.9. The van der Waals surface area contributed by atoms with Crippen molar-refractivity contribution in [2.45, 2.75) is 11.8 Å². The van der Waals surface area contributed by atoms with Crippen LogP contribution in [0.4, 0.5) is 0 Å². The van der Waals surface area contributed by atoms with E-state index in [-0.39, 0.29) is 21.9 Å². The number of hydrazone groups is 1. The molecule has 0 unspecified atom stereocenters. The van der Waals surface area contributed by atoms with Crippen molar-refractivity contribution in [1.82, 2.24) is 9.40 Å². The number of rotatable bonds is 5. The highest BCUT2D eigenvalue weighted by Gasteiger charge is 2.17. The van der Waals surface area contributed by atoms with Crippen LogP contribution in [0.25, 0.3) is 16.5 Å². The Labute approximate surface area is 179 Å². The van der Waals surface area contributed by atoms with E-state index in [2.05, 4.69) is 9.93 Å². The van der Waals surface area contributed by atoms with Gasteiger partial charge in [-0.3, -0.25) is 4.79 Å². The van der Waals surface area contributed by atoms with Gasteiger partial charge in [-0.05, 0) is 37.3 Å². The molecule has 4 aromatic rings. The third-order valence-corrected chi connectivity index (χ3v) is 6.05. The first kappa shape index (κ1) is 20.4. The summed E-state index contributed by atoms with van der Waals surface area (Å²) < 4.78 is 26.0. The number of nitrogens with one attached hydrogen (secondary N) is 1. The summed E-state index contributed by atoms with van der Waals surface area (Å²) in [6, 6.07) is 21.7. The van der Waals surface area contributed by atoms with Gasteiger partial charge in [0.25, 0.3) is 15.6 Å². The van der Waals surface area contributed by atoms with Crippen molar-refractivity contribution in [3.63, 3.8) is 0 Å². The average Bonchev–Trinajstić information content (AvgIpc) is 2.78. The topological polar surface area (TPSA) is 101 Å². The Bertz CT molecular complexity index is 1440. The fourth-order valence-corrected chi connectivity index (χ4v) is 4.05. The zero-order valence-electron chi connectivity index (χ0n) is 16.6. The summed E-state index contributed by atoms with van der Waals surface area (Å²) in [6.07, 6.45) is 1.20. The van der Waals surface area contributed by atoms with E-state index >= 15 is 0 Å².